The highest BCUT2D eigenvalue weighted by molar-refractivity contribution is 14.0. The van der Waals surface area contributed by atoms with Crippen molar-refractivity contribution >= 4 is 41.3 Å². The zero-order chi connectivity index (χ0) is 18.0. The second-order valence-electron chi connectivity index (χ2n) is 6.13. The predicted molar refractivity (Wildman–Crippen MR) is 122 cm³/mol. The summed E-state index contributed by atoms with van der Waals surface area (Å²) in [6.45, 7) is 5.17. The molecule has 0 aromatic carbocycles. The largest absolute Gasteiger partial charge is 0.379 e. The standard InChI is InChI=1S/C19H27N5OS.HI/c1-20-19(22-9-7-16-5-2-3-8-21-16)23-15-17(18-6-4-14-26-18)24-10-12-25-13-11-24;/h2-6,8,14,17H,7,9-13,15H2,1H3,(H2,20,22,23);1H. The number of thiophene rings is 1. The van der Waals surface area contributed by atoms with Crippen LogP contribution in [0.15, 0.2) is 46.9 Å². The van der Waals surface area contributed by atoms with E-state index in [1.165, 1.54) is 4.88 Å². The van der Waals surface area contributed by atoms with E-state index in [0.29, 0.717) is 6.04 Å². The fraction of sp³-hybridized carbons (Fsp3) is 0.474. The van der Waals surface area contributed by atoms with Gasteiger partial charge in [-0.1, -0.05) is 12.1 Å². The minimum atomic E-state index is 0. The molecule has 0 saturated carbocycles. The van der Waals surface area contributed by atoms with Gasteiger partial charge in [0.25, 0.3) is 0 Å². The second-order valence-corrected chi connectivity index (χ2v) is 7.11. The molecule has 2 N–H and O–H groups in total. The molecule has 27 heavy (non-hydrogen) atoms. The fourth-order valence-corrected chi connectivity index (χ4v) is 3.91. The molecular formula is C19H28IN5OS. The van der Waals surface area contributed by atoms with E-state index in [-0.39, 0.29) is 24.0 Å². The molecular weight excluding hydrogens is 473 g/mol. The Morgan fingerprint density at radius 1 is 1.26 bits per heavy atom. The van der Waals surface area contributed by atoms with Crippen LogP contribution in [0, 0.1) is 0 Å². The van der Waals surface area contributed by atoms with Crippen LogP contribution in [-0.2, 0) is 11.2 Å². The van der Waals surface area contributed by atoms with Gasteiger partial charge in [0.15, 0.2) is 5.96 Å². The van der Waals surface area contributed by atoms with E-state index in [4.69, 9.17) is 4.74 Å². The van der Waals surface area contributed by atoms with E-state index in [1.54, 1.807) is 0 Å². The lowest BCUT2D eigenvalue weighted by Gasteiger charge is -2.34. The van der Waals surface area contributed by atoms with Crippen molar-refractivity contribution in [2.75, 3.05) is 46.4 Å². The normalized spacial score (nSPS) is 16.4. The van der Waals surface area contributed by atoms with Gasteiger partial charge < -0.3 is 15.4 Å². The number of morpholine rings is 1. The Morgan fingerprint density at radius 3 is 2.78 bits per heavy atom. The highest BCUT2D eigenvalue weighted by atomic mass is 127. The van der Waals surface area contributed by atoms with Crippen LogP contribution in [0.3, 0.4) is 0 Å². The Hall–Kier alpha value is -1.23. The average Bonchev–Trinajstić information content (AvgIpc) is 3.23. The molecule has 3 heterocycles. The lowest BCUT2D eigenvalue weighted by molar-refractivity contribution is 0.0177. The number of halogens is 1. The van der Waals surface area contributed by atoms with Crippen molar-refractivity contribution in [1.82, 2.24) is 20.5 Å². The first-order chi connectivity index (χ1) is 12.9. The van der Waals surface area contributed by atoms with Crippen LogP contribution < -0.4 is 10.6 Å². The Balaban J connectivity index is 0.00000261. The van der Waals surface area contributed by atoms with Gasteiger partial charge in [0, 0.05) is 56.4 Å². The molecule has 1 aliphatic rings. The Bertz CT molecular complexity index is 662. The maximum absolute atomic E-state index is 5.51. The number of hydrogen-bond acceptors (Lipinski definition) is 5. The lowest BCUT2D eigenvalue weighted by Crippen LogP contribution is -2.46. The van der Waals surface area contributed by atoms with Crippen LogP contribution in [0.2, 0.25) is 0 Å². The van der Waals surface area contributed by atoms with Gasteiger partial charge in [0.05, 0.1) is 19.3 Å². The molecule has 8 heteroatoms. The number of hydrogen-bond donors (Lipinski definition) is 2. The first-order valence-corrected chi connectivity index (χ1v) is 9.94. The summed E-state index contributed by atoms with van der Waals surface area (Å²) in [5.41, 5.74) is 1.08. The van der Waals surface area contributed by atoms with E-state index in [2.05, 4.69) is 43.0 Å². The van der Waals surface area contributed by atoms with Gasteiger partial charge in [0.1, 0.15) is 0 Å². The molecule has 0 bridgehead atoms. The minimum absolute atomic E-state index is 0. The van der Waals surface area contributed by atoms with Crippen molar-refractivity contribution in [3.05, 3.63) is 52.5 Å². The highest BCUT2D eigenvalue weighted by Gasteiger charge is 2.23. The lowest BCUT2D eigenvalue weighted by atomic mass is 10.2. The summed E-state index contributed by atoms with van der Waals surface area (Å²) in [7, 11) is 1.81. The minimum Gasteiger partial charge on any atom is -0.379 e. The summed E-state index contributed by atoms with van der Waals surface area (Å²) in [6.07, 6.45) is 2.70. The van der Waals surface area contributed by atoms with E-state index in [1.807, 2.05) is 42.8 Å². The number of rotatable bonds is 7. The van der Waals surface area contributed by atoms with Crippen LogP contribution >= 0.6 is 35.3 Å². The molecule has 1 fully saturated rings. The zero-order valence-corrected chi connectivity index (χ0v) is 18.8. The molecule has 0 aliphatic carbocycles. The molecule has 1 aliphatic heterocycles. The van der Waals surface area contributed by atoms with Gasteiger partial charge in [0.2, 0.25) is 0 Å². The second kappa shape index (κ2) is 12.3. The SMILES string of the molecule is CN=C(NCCc1ccccn1)NCC(c1cccs1)N1CCOCC1.I. The molecule has 2 aromatic heterocycles. The summed E-state index contributed by atoms with van der Waals surface area (Å²) < 4.78 is 5.51. The van der Waals surface area contributed by atoms with Gasteiger partial charge in [-0.05, 0) is 23.6 Å². The Labute approximate surface area is 182 Å². The van der Waals surface area contributed by atoms with E-state index in [0.717, 1.165) is 57.5 Å². The molecule has 6 nitrogen and oxygen atoms in total. The van der Waals surface area contributed by atoms with Crippen molar-refractivity contribution in [3.63, 3.8) is 0 Å². The van der Waals surface area contributed by atoms with Crippen LogP contribution in [0.4, 0.5) is 0 Å². The summed E-state index contributed by atoms with van der Waals surface area (Å²) in [5, 5.41) is 9.01. The van der Waals surface area contributed by atoms with Crippen molar-refractivity contribution < 1.29 is 4.74 Å². The molecule has 0 amide bonds. The predicted octanol–water partition coefficient (Wildman–Crippen LogP) is 2.54. The third-order valence-corrected chi connectivity index (χ3v) is 5.42. The van der Waals surface area contributed by atoms with Crippen molar-refractivity contribution in [2.24, 2.45) is 4.99 Å². The molecule has 0 spiro atoms. The van der Waals surface area contributed by atoms with E-state index in [9.17, 15) is 0 Å². The number of guanidine groups is 1. The highest BCUT2D eigenvalue weighted by Crippen LogP contribution is 2.25. The van der Waals surface area contributed by atoms with Gasteiger partial charge in [-0.2, -0.15) is 0 Å². The molecule has 3 rings (SSSR count). The number of nitrogens with one attached hydrogen (secondary N) is 2. The van der Waals surface area contributed by atoms with Crippen LogP contribution in [0.25, 0.3) is 0 Å². The zero-order valence-electron chi connectivity index (χ0n) is 15.6. The fourth-order valence-electron chi connectivity index (χ4n) is 3.05. The molecule has 1 saturated heterocycles. The summed E-state index contributed by atoms with van der Waals surface area (Å²) >= 11 is 1.81. The van der Waals surface area contributed by atoms with E-state index >= 15 is 0 Å². The first-order valence-electron chi connectivity index (χ1n) is 9.06. The molecule has 1 atom stereocenters. The quantitative estimate of drug-likeness (QED) is 0.347. The number of aromatic nitrogens is 1. The third kappa shape index (κ3) is 7.02. The Morgan fingerprint density at radius 2 is 2.11 bits per heavy atom. The molecule has 2 aromatic rings. The maximum atomic E-state index is 5.51. The van der Waals surface area contributed by atoms with Gasteiger partial charge in [-0.15, -0.1) is 35.3 Å². The van der Waals surface area contributed by atoms with Crippen LogP contribution in [0.5, 0.6) is 0 Å². The summed E-state index contributed by atoms with van der Waals surface area (Å²) in [6, 6.07) is 10.7. The third-order valence-electron chi connectivity index (χ3n) is 4.44. The van der Waals surface area contributed by atoms with Crippen molar-refractivity contribution in [1.29, 1.82) is 0 Å². The molecule has 0 radical (unpaired) electrons. The van der Waals surface area contributed by atoms with E-state index < -0.39 is 0 Å². The number of ether oxygens (including phenoxy) is 1. The monoisotopic (exact) mass is 501 g/mol. The first kappa shape index (κ1) is 22.1. The Kier molecular flexibility index (Phi) is 10.0. The maximum Gasteiger partial charge on any atom is 0.191 e. The number of nitrogens with zero attached hydrogens (tertiary/aromatic N) is 3. The van der Waals surface area contributed by atoms with Crippen molar-refractivity contribution in [3.8, 4) is 0 Å². The smallest absolute Gasteiger partial charge is 0.191 e. The summed E-state index contributed by atoms with van der Waals surface area (Å²) in [5.74, 6) is 0.829. The average molecular weight is 501 g/mol. The van der Waals surface area contributed by atoms with Crippen LogP contribution in [-0.4, -0.2) is 62.3 Å². The number of pyridine rings is 1. The topological polar surface area (TPSA) is 61.8 Å². The molecule has 148 valence electrons. The van der Waals surface area contributed by atoms with Crippen LogP contribution in [0.1, 0.15) is 16.6 Å². The van der Waals surface area contributed by atoms with Gasteiger partial charge >= 0.3 is 0 Å². The van der Waals surface area contributed by atoms with Gasteiger partial charge in [-0.3, -0.25) is 14.9 Å². The van der Waals surface area contributed by atoms with Gasteiger partial charge in [-0.25, -0.2) is 0 Å². The van der Waals surface area contributed by atoms with Crippen molar-refractivity contribution in [2.45, 2.75) is 12.5 Å². The molecule has 1 unspecified atom stereocenters. The number of aliphatic imine (C=N–C) groups is 1. The summed E-state index contributed by atoms with van der Waals surface area (Å²) in [4.78, 5) is 12.6.